The number of carbonyl (C=O) groups is 1. The van der Waals surface area contributed by atoms with Gasteiger partial charge in [0.1, 0.15) is 5.78 Å². The lowest BCUT2D eigenvalue weighted by atomic mass is 9.74. The first-order chi connectivity index (χ1) is 14.3. The summed E-state index contributed by atoms with van der Waals surface area (Å²) < 4.78 is 6.77. The van der Waals surface area contributed by atoms with Gasteiger partial charge in [0.25, 0.3) is 0 Å². The van der Waals surface area contributed by atoms with Gasteiger partial charge in [0.15, 0.2) is 8.32 Å². The summed E-state index contributed by atoms with van der Waals surface area (Å²) in [6.07, 6.45) is 19.6. The largest absolute Gasteiger partial charge is 0.411 e. The molecule has 0 amide bonds. The molecular weight excluding hydrogens is 396 g/mol. The van der Waals surface area contributed by atoms with Crippen molar-refractivity contribution in [2.75, 3.05) is 0 Å². The summed E-state index contributed by atoms with van der Waals surface area (Å²) >= 11 is 0. The van der Waals surface area contributed by atoms with Gasteiger partial charge in [0, 0.05) is 11.8 Å². The Morgan fingerprint density at radius 3 is 2.39 bits per heavy atom. The molecule has 1 aliphatic rings. The second-order valence-electron chi connectivity index (χ2n) is 11.7. The van der Waals surface area contributed by atoms with Crippen LogP contribution < -0.4 is 0 Å². The quantitative estimate of drug-likeness (QED) is 0.180. The second kappa shape index (κ2) is 12.3. The molecule has 0 aromatic heterocycles. The highest BCUT2D eigenvalue weighted by Crippen LogP contribution is 2.38. The van der Waals surface area contributed by atoms with Crippen LogP contribution in [0.5, 0.6) is 0 Å². The maximum atomic E-state index is 12.3. The van der Waals surface area contributed by atoms with Crippen molar-refractivity contribution >= 4 is 14.1 Å². The number of ketones is 1. The highest BCUT2D eigenvalue weighted by atomic mass is 28.4. The van der Waals surface area contributed by atoms with Crippen molar-refractivity contribution in [2.45, 2.75) is 124 Å². The Morgan fingerprint density at radius 2 is 1.81 bits per heavy atom. The van der Waals surface area contributed by atoms with Crippen molar-refractivity contribution in [1.29, 1.82) is 0 Å². The molecule has 0 aromatic rings. The van der Waals surface area contributed by atoms with E-state index in [2.05, 4.69) is 91.9 Å². The van der Waals surface area contributed by atoms with Crippen molar-refractivity contribution in [3.8, 4) is 0 Å². The first-order valence-corrected chi connectivity index (χ1v) is 15.4. The summed E-state index contributed by atoms with van der Waals surface area (Å²) in [5, 5.41) is 0.200. The Bertz CT molecular complexity index is 646. The van der Waals surface area contributed by atoms with E-state index < -0.39 is 8.32 Å². The van der Waals surface area contributed by atoms with Crippen LogP contribution in [0.3, 0.4) is 0 Å². The molecule has 3 atom stereocenters. The summed E-state index contributed by atoms with van der Waals surface area (Å²) in [6.45, 7) is 20.4. The van der Waals surface area contributed by atoms with Gasteiger partial charge in [-0.25, -0.2) is 0 Å². The lowest BCUT2D eigenvalue weighted by Crippen LogP contribution is -2.43. The first kappa shape index (κ1) is 28.1. The van der Waals surface area contributed by atoms with Gasteiger partial charge in [-0.3, -0.25) is 4.79 Å². The molecule has 0 unspecified atom stereocenters. The summed E-state index contributed by atoms with van der Waals surface area (Å²) in [6, 6.07) is 0. The SMILES string of the molecule is CC(C)=CCC[C@H](C)CC[C@@H](C=CC=C[C@]1(C)CCCCC1=O)O[Si](C)(C)C(C)(C)C. The molecule has 0 spiro atoms. The van der Waals surface area contributed by atoms with Crippen LogP contribution in [0.15, 0.2) is 36.0 Å². The molecule has 1 fully saturated rings. The molecule has 0 saturated heterocycles. The Labute approximate surface area is 194 Å². The van der Waals surface area contributed by atoms with E-state index in [9.17, 15) is 4.79 Å². The van der Waals surface area contributed by atoms with Crippen molar-refractivity contribution in [3.05, 3.63) is 36.0 Å². The molecule has 1 aliphatic carbocycles. The van der Waals surface area contributed by atoms with E-state index in [-0.39, 0.29) is 16.6 Å². The minimum Gasteiger partial charge on any atom is -0.411 e. The maximum Gasteiger partial charge on any atom is 0.192 e. The second-order valence-corrected chi connectivity index (χ2v) is 16.5. The molecule has 0 heterocycles. The van der Waals surface area contributed by atoms with Gasteiger partial charge in [0.05, 0.1) is 6.10 Å². The fraction of sp³-hybridized carbons (Fsp3) is 0.750. The zero-order valence-electron chi connectivity index (χ0n) is 22.0. The van der Waals surface area contributed by atoms with Crippen molar-refractivity contribution in [2.24, 2.45) is 11.3 Å². The molecule has 0 aliphatic heterocycles. The van der Waals surface area contributed by atoms with E-state index in [1.165, 1.54) is 24.8 Å². The average molecular weight is 447 g/mol. The van der Waals surface area contributed by atoms with Crippen LogP contribution in [0, 0.1) is 11.3 Å². The van der Waals surface area contributed by atoms with E-state index in [4.69, 9.17) is 4.43 Å². The van der Waals surface area contributed by atoms with Gasteiger partial charge in [-0.2, -0.15) is 0 Å². The molecule has 0 aromatic carbocycles. The minimum absolute atomic E-state index is 0.145. The van der Waals surface area contributed by atoms with E-state index in [1.54, 1.807) is 0 Å². The number of allylic oxidation sites excluding steroid dienone is 5. The van der Waals surface area contributed by atoms with Crippen molar-refractivity contribution in [1.82, 2.24) is 0 Å². The fourth-order valence-electron chi connectivity index (χ4n) is 3.83. The zero-order valence-corrected chi connectivity index (χ0v) is 23.0. The monoisotopic (exact) mass is 446 g/mol. The van der Waals surface area contributed by atoms with Crippen LogP contribution in [0.1, 0.15) is 99.8 Å². The highest BCUT2D eigenvalue weighted by Gasteiger charge is 2.38. The molecule has 2 nitrogen and oxygen atoms in total. The Hall–Kier alpha value is -0.933. The van der Waals surface area contributed by atoms with Gasteiger partial charge in [0.2, 0.25) is 0 Å². The third-order valence-electron chi connectivity index (χ3n) is 7.30. The van der Waals surface area contributed by atoms with Crippen molar-refractivity contribution < 1.29 is 9.22 Å². The van der Waals surface area contributed by atoms with Gasteiger partial charge < -0.3 is 4.43 Å². The first-order valence-electron chi connectivity index (χ1n) is 12.5. The maximum absolute atomic E-state index is 12.3. The summed E-state index contributed by atoms with van der Waals surface area (Å²) in [5.41, 5.74) is 1.13. The molecule has 1 rings (SSSR count). The third kappa shape index (κ3) is 10.0. The molecule has 1 saturated carbocycles. The van der Waals surface area contributed by atoms with E-state index in [0.29, 0.717) is 11.7 Å². The van der Waals surface area contributed by atoms with Crippen LogP contribution in [-0.4, -0.2) is 20.2 Å². The van der Waals surface area contributed by atoms with Crippen LogP contribution in [-0.2, 0) is 9.22 Å². The smallest absolute Gasteiger partial charge is 0.192 e. The number of carbonyl (C=O) groups excluding carboxylic acids is 1. The molecule has 178 valence electrons. The highest BCUT2D eigenvalue weighted by molar-refractivity contribution is 6.74. The molecule has 0 radical (unpaired) electrons. The third-order valence-corrected chi connectivity index (χ3v) is 11.8. The van der Waals surface area contributed by atoms with Crippen LogP contribution >= 0.6 is 0 Å². The van der Waals surface area contributed by atoms with E-state index >= 15 is 0 Å². The summed E-state index contributed by atoms with van der Waals surface area (Å²) in [4.78, 5) is 12.3. The predicted octanol–water partition coefficient (Wildman–Crippen LogP) is 8.80. The van der Waals surface area contributed by atoms with Crippen molar-refractivity contribution in [3.63, 3.8) is 0 Å². The zero-order chi connectivity index (χ0) is 23.7. The van der Waals surface area contributed by atoms with Crippen LogP contribution in [0.4, 0.5) is 0 Å². The van der Waals surface area contributed by atoms with Crippen LogP contribution in [0.2, 0.25) is 18.1 Å². The van der Waals surface area contributed by atoms with E-state index in [1.807, 2.05) is 0 Å². The summed E-state index contributed by atoms with van der Waals surface area (Å²) in [5.74, 6) is 1.09. The Balaban J connectivity index is 2.79. The number of hydrogen-bond donors (Lipinski definition) is 0. The van der Waals surface area contributed by atoms with Gasteiger partial charge in [-0.05, 0) is 83.3 Å². The Morgan fingerprint density at radius 1 is 1.13 bits per heavy atom. The minimum atomic E-state index is -1.84. The molecular formula is C28H50O2Si. The number of rotatable bonds is 11. The number of hydrogen-bond acceptors (Lipinski definition) is 2. The van der Waals surface area contributed by atoms with Gasteiger partial charge in [-0.15, -0.1) is 0 Å². The Kier molecular flexibility index (Phi) is 11.2. The van der Waals surface area contributed by atoms with Gasteiger partial charge >= 0.3 is 0 Å². The molecule has 31 heavy (non-hydrogen) atoms. The van der Waals surface area contributed by atoms with Crippen LogP contribution in [0.25, 0.3) is 0 Å². The normalized spacial score (nSPS) is 22.8. The summed E-state index contributed by atoms with van der Waals surface area (Å²) in [7, 11) is -1.84. The lowest BCUT2D eigenvalue weighted by molar-refractivity contribution is -0.127. The number of Topliss-reactive ketones (excluding diaryl/α,β-unsaturated/α-hetero) is 1. The fourth-order valence-corrected chi connectivity index (χ4v) is 5.14. The molecule has 0 N–H and O–H groups in total. The lowest BCUT2D eigenvalue weighted by Gasteiger charge is -2.39. The van der Waals surface area contributed by atoms with Gasteiger partial charge in [-0.1, -0.05) is 70.1 Å². The van der Waals surface area contributed by atoms with E-state index in [0.717, 1.165) is 32.1 Å². The molecule has 3 heteroatoms. The molecule has 0 bridgehead atoms. The standard InChI is InChI=1S/C28H50O2Si/c1-23(2)15-14-16-24(3)19-20-25(30-31(8,9)27(4,5)6)17-10-12-21-28(7)22-13-11-18-26(28)29/h10,12,15,17,21,24-25H,11,13-14,16,18-20,22H2,1-9H3/t24-,25+,28+/m0/s1. The predicted molar refractivity (Wildman–Crippen MR) is 139 cm³/mol. The topological polar surface area (TPSA) is 26.3 Å². The average Bonchev–Trinajstić information content (AvgIpc) is 2.64.